The molecular formula is C45H76N8O9S. The number of methoxy groups -OCH3 is 2. The highest BCUT2D eigenvalue weighted by atomic mass is 32.2. The largest absolute Gasteiger partial charge is 0.588 e. The first-order valence-corrected chi connectivity index (χ1v) is 23.5. The van der Waals surface area contributed by atoms with E-state index < -0.39 is 65.1 Å². The lowest BCUT2D eigenvalue weighted by Crippen LogP contribution is -2.55. The summed E-state index contributed by atoms with van der Waals surface area (Å²) < 4.78 is 27.9. The van der Waals surface area contributed by atoms with E-state index in [0.29, 0.717) is 43.5 Å². The smallest absolute Gasteiger partial charge is 0.267 e. The van der Waals surface area contributed by atoms with Crippen LogP contribution in [0.1, 0.15) is 92.6 Å². The maximum absolute atomic E-state index is 14.1. The third-order valence-electron chi connectivity index (χ3n) is 12.8. The number of likely N-dealkylation sites (tertiary alicyclic amines) is 1. The molecule has 1 aromatic rings. The molecule has 0 bridgehead atoms. The summed E-state index contributed by atoms with van der Waals surface area (Å²) in [6.45, 7) is 13.6. The molecule has 9 atom stereocenters. The second-order valence-corrected chi connectivity index (χ2v) is 19.3. The van der Waals surface area contributed by atoms with Gasteiger partial charge in [0.25, 0.3) is 5.91 Å². The van der Waals surface area contributed by atoms with Crippen molar-refractivity contribution in [3.05, 3.63) is 29.8 Å². The van der Waals surface area contributed by atoms with Crippen LogP contribution in [0.2, 0.25) is 0 Å². The van der Waals surface area contributed by atoms with Crippen LogP contribution in [0.5, 0.6) is 0 Å². The Labute approximate surface area is 378 Å². The summed E-state index contributed by atoms with van der Waals surface area (Å²) >= 11 is -1.91. The number of carbonyl (C=O) groups is 6. The molecule has 1 aromatic carbocycles. The summed E-state index contributed by atoms with van der Waals surface area (Å²) in [5, 5.41) is 11.5. The van der Waals surface area contributed by atoms with Crippen LogP contribution in [0.15, 0.2) is 29.2 Å². The van der Waals surface area contributed by atoms with Crippen LogP contribution in [0, 0.1) is 23.7 Å². The van der Waals surface area contributed by atoms with Crippen LogP contribution in [-0.4, -0.2) is 153 Å². The molecule has 5 N–H and O–H groups in total. The summed E-state index contributed by atoms with van der Waals surface area (Å²) in [4.78, 5) is 85.1. The average molecular weight is 905 g/mol. The van der Waals surface area contributed by atoms with Gasteiger partial charge in [0.2, 0.25) is 29.5 Å². The van der Waals surface area contributed by atoms with Gasteiger partial charge in [-0.1, -0.05) is 67.0 Å². The fraction of sp³-hybridized carbons (Fsp3) is 0.733. The van der Waals surface area contributed by atoms with Gasteiger partial charge >= 0.3 is 0 Å². The summed E-state index contributed by atoms with van der Waals surface area (Å²) in [6, 6.07) is 5.17. The van der Waals surface area contributed by atoms with Crippen molar-refractivity contribution in [2.24, 2.45) is 23.7 Å². The lowest BCUT2D eigenvalue weighted by molar-refractivity contribution is -0.145. The lowest BCUT2D eigenvalue weighted by atomic mass is 9.90. The molecule has 0 aromatic heterocycles. The highest BCUT2D eigenvalue weighted by Gasteiger charge is 2.46. The predicted octanol–water partition coefficient (Wildman–Crippen LogP) is 1.91. The molecule has 0 radical (unpaired) electrons. The molecule has 356 valence electrons. The summed E-state index contributed by atoms with van der Waals surface area (Å²) in [6.07, 6.45) is 2.06. The number of rotatable bonds is 25. The number of hydrogen-bond donors (Lipinski definition) is 5. The van der Waals surface area contributed by atoms with Gasteiger partial charge in [-0.25, -0.2) is 0 Å². The monoisotopic (exact) mass is 905 g/mol. The number of amides is 6. The van der Waals surface area contributed by atoms with Gasteiger partial charge in [-0.15, -0.1) is 0 Å². The molecular weight excluding hydrogens is 829 g/mol. The van der Waals surface area contributed by atoms with Gasteiger partial charge < -0.3 is 45.1 Å². The van der Waals surface area contributed by atoms with Crippen molar-refractivity contribution in [2.75, 3.05) is 62.0 Å². The van der Waals surface area contributed by atoms with Crippen molar-refractivity contribution in [1.82, 2.24) is 40.7 Å². The molecule has 1 saturated heterocycles. The van der Waals surface area contributed by atoms with Crippen molar-refractivity contribution in [1.29, 1.82) is 0 Å². The van der Waals surface area contributed by atoms with Crippen LogP contribution in [0.25, 0.3) is 0 Å². The fourth-order valence-corrected chi connectivity index (χ4v) is 9.83. The molecule has 1 saturated carbocycles. The number of nitrogens with one attached hydrogen (secondary N) is 5. The van der Waals surface area contributed by atoms with E-state index in [-0.39, 0.29) is 66.8 Å². The number of carbonyl (C=O) groups excluding carboxylic acids is 6. The highest BCUT2D eigenvalue weighted by Crippen LogP contribution is 2.45. The van der Waals surface area contributed by atoms with Gasteiger partial charge in [0.1, 0.15) is 11.4 Å². The second kappa shape index (κ2) is 24.5. The van der Waals surface area contributed by atoms with E-state index in [1.54, 1.807) is 55.1 Å². The van der Waals surface area contributed by atoms with Gasteiger partial charge in [-0.05, 0) is 82.3 Å². The number of hydrogen-bond acceptors (Lipinski definition) is 11. The van der Waals surface area contributed by atoms with Gasteiger partial charge in [0.05, 0.1) is 67.3 Å². The Hall–Kier alpha value is -3.81. The van der Waals surface area contributed by atoms with Crippen LogP contribution in [0.3, 0.4) is 0 Å². The second-order valence-electron chi connectivity index (χ2n) is 18.1. The first-order valence-electron chi connectivity index (χ1n) is 22.3. The molecule has 2 fully saturated rings. The van der Waals surface area contributed by atoms with E-state index in [9.17, 15) is 33.3 Å². The molecule has 3 rings (SSSR count). The molecule has 1 aliphatic heterocycles. The Morgan fingerprint density at radius 3 is 2.02 bits per heavy atom. The Kier molecular flexibility index (Phi) is 20.8. The Bertz CT molecular complexity index is 1690. The molecule has 0 spiro atoms. The highest BCUT2D eigenvalue weighted by molar-refractivity contribution is 7.90. The summed E-state index contributed by atoms with van der Waals surface area (Å²) in [7, 11) is 10.1. The average Bonchev–Trinajstić information content (AvgIpc) is 3.85. The number of likely N-dealkylation sites (N-methyl/N-ethyl adjacent to an activating group) is 3. The van der Waals surface area contributed by atoms with Gasteiger partial charge in [-0.3, -0.25) is 33.7 Å². The molecule has 18 heteroatoms. The maximum Gasteiger partial charge on any atom is 0.267 e. The quantitative estimate of drug-likeness (QED) is 0.0895. The van der Waals surface area contributed by atoms with E-state index in [4.69, 9.17) is 9.47 Å². The van der Waals surface area contributed by atoms with E-state index in [1.165, 1.54) is 14.2 Å². The predicted molar refractivity (Wildman–Crippen MR) is 242 cm³/mol. The Morgan fingerprint density at radius 1 is 0.889 bits per heavy atom. The summed E-state index contributed by atoms with van der Waals surface area (Å²) in [5.74, 6) is -2.50. The minimum absolute atomic E-state index is 0.0179. The molecule has 6 amide bonds. The van der Waals surface area contributed by atoms with Crippen molar-refractivity contribution < 1.29 is 42.8 Å². The standard InChI is InChI=1S/C45H76N8O9S/c1-14-29(6)40(52(11)37(56)26-48-44(59)39(28(4)5)51(9)10)34(61-12)24-36(55)53-23-15-16-33(53)41(62-13)30(7)42(57)50-63(60)32-19-17-31(18-20-32)45(21-22-45)49-35(54)25-47-43(58)38(46-8)27(2)3/h17-20,27-30,33-34,38-41,46H,14-16,21-26H2,1-13H3,(H,47,58)(H,48,59)(H,49,54)(H,50,57). The molecule has 63 heavy (non-hydrogen) atoms. The molecule has 2 aliphatic rings. The van der Waals surface area contributed by atoms with E-state index in [2.05, 4.69) is 26.0 Å². The number of nitrogens with zero attached hydrogens (tertiary/aromatic N) is 3. The zero-order chi connectivity index (χ0) is 47.3. The Morgan fingerprint density at radius 2 is 1.51 bits per heavy atom. The minimum Gasteiger partial charge on any atom is -0.588 e. The lowest BCUT2D eigenvalue weighted by Gasteiger charge is -2.39. The fourth-order valence-electron chi connectivity index (χ4n) is 8.96. The maximum atomic E-state index is 14.1. The van der Waals surface area contributed by atoms with Crippen molar-refractivity contribution >= 4 is 46.8 Å². The summed E-state index contributed by atoms with van der Waals surface area (Å²) in [5.41, 5.74) is 0.251. The molecule has 17 nitrogen and oxygen atoms in total. The first-order chi connectivity index (χ1) is 29.7. The topological polar surface area (TPSA) is 214 Å². The SMILES string of the molecule is CCC(C)C(C(CC(=O)N1CCCC1C(OC)C(C)C(=O)N[S+]([O-])c1ccc(C2(NC(=O)CNC(=O)C(NC)C(C)C)CC2)cc1)OC)N(C)C(=O)CNC(=O)C(C(C)C)N(C)C. The van der Waals surface area contributed by atoms with Crippen LogP contribution in [0.4, 0.5) is 0 Å². The van der Waals surface area contributed by atoms with Gasteiger partial charge in [-0.2, -0.15) is 4.72 Å². The van der Waals surface area contributed by atoms with Crippen molar-refractivity contribution in [3.63, 3.8) is 0 Å². The van der Waals surface area contributed by atoms with E-state index in [0.717, 1.165) is 5.56 Å². The van der Waals surface area contributed by atoms with Gasteiger partial charge in [0.15, 0.2) is 4.90 Å². The minimum atomic E-state index is -1.91. The van der Waals surface area contributed by atoms with Gasteiger partial charge in [0, 0.05) is 27.8 Å². The van der Waals surface area contributed by atoms with Crippen LogP contribution >= 0.6 is 0 Å². The first kappa shape index (κ1) is 53.5. The number of ether oxygens (including phenoxy) is 2. The van der Waals surface area contributed by atoms with Crippen LogP contribution in [-0.2, 0) is 55.1 Å². The van der Waals surface area contributed by atoms with E-state index in [1.807, 2.05) is 60.5 Å². The third-order valence-corrected chi connectivity index (χ3v) is 13.9. The third kappa shape index (κ3) is 14.1. The number of benzene rings is 1. The normalized spacial score (nSPS) is 19.6. The van der Waals surface area contributed by atoms with Crippen LogP contribution < -0.4 is 26.0 Å². The van der Waals surface area contributed by atoms with Crippen molar-refractivity contribution in [2.45, 2.75) is 134 Å². The Balaban J connectivity index is 1.63. The zero-order valence-corrected chi connectivity index (χ0v) is 40.7. The van der Waals surface area contributed by atoms with E-state index >= 15 is 0 Å². The van der Waals surface area contributed by atoms with Crippen molar-refractivity contribution in [3.8, 4) is 0 Å². The molecule has 1 heterocycles. The molecule has 1 aliphatic carbocycles. The molecule has 9 unspecified atom stereocenters. The zero-order valence-electron chi connectivity index (χ0n) is 39.9.